The van der Waals surface area contributed by atoms with Crippen molar-refractivity contribution in [3.05, 3.63) is 0 Å². The van der Waals surface area contributed by atoms with Crippen LogP contribution in [-0.4, -0.2) is 195 Å². The largest absolute Gasteiger partial charge is 2.00 e. The average Bonchev–Trinajstić information content (AvgIpc) is 1.12. The smallest absolute Gasteiger partial charge is 0.870 e. The Labute approximate surface area is 238 Å². The molecule has 104 valence electrons. The monoisotopic (exact) mass is 423 g/mol. The van der Waals surface area contributed by atoms with Crippen LogP contribution in [-0.2, 0) is 0 Å². The Morgan fingerprint density at radius 1 is 0.421 bits per heavy atom. The quantitative estimate of drug-likeness (QED) is 0.399. The minimum Gasteiger partial charge on any atom is -0.870 e. The molecule has 0 fully saturated rings. The minimum absolute atomic E-state index is 0. The van der Waals surface area contributed by atoms with Gasteiger partial charge in [-0.3, -0.25) is 0 Å². The van der Waals surface area contributed by atoms with E-state index in [0.29, 0.717) is 0 Å². The van der Waals surface area contributed by atoms with Crippen LogP contribution >= 0.6 is 0 Å². The molecule has 0 amide bonds. The Bertz CT molecular complexity index is 78.6. The Kier molecular flexibility index (Phi) is 152. The van der Waals surface area contributed by atoms with Gasteiger partial charge in [0.05, 0.1) is 0 Å². The van der Waals surface area contributed by atoms with Gasteiger partial charge in [0, 0.05) is 0 Å². The van der Waals surface area contributed by atoms with E-state index in [2.05, 4.69) is 0 Å². The van der Waals surface area contributed by atoms with E-state index in [9.17, 15) is 9.59 Å². The van der Waals surface area contributed by atoms with Crippen molar-refractivity contribution < 1.29 is 37.0 Å². The van der Waals surface area contributed by atoms with Gasteiger partial charge in [-0.25, -0.2) is 0 Å². The van der Waals surface area contributed by atoms with Crippen LogP contribution < -0.4 is 9.59 Å². The first-order valence-electron chi connectivity index (χ1n) is 3.41. The molecule has 0 aromatic rings. The summed E-state index contributed by atoms with van der Waals surface area (Å²) < 4.78 is 0. The van der Waals surface area contributed by atoms with Gasteiger partial charge in [-0.2, -0.15) is 0 Å². The fraction of sp³-hybridized carbons (Fsp3) is 1.00. The van der Waals surface area contributed by atoms with Gasteiger partial charge in [-0.1, -0.05) is 55.9 Å². The van der Waals surface area contributed by atoms with E-state index >= 15 is 0 Å². The molecular weight excluding hydrogens is 401 g/mol. The van der Waals surface area contributed by atoms with E-state index < -0.39 is 16.6 Å². The van der Waals surface area contributed by atoms with Gasteiger partial charge in [-0.15, -0.1) is 0 Å². The number of hydrogen-bond acceptors (Lipinski definition) is 7. The van der Waals surface area contributed by atoms with Gasteiger partial charge < -0.3 is 37.0 Å². The van der Waals surface area contributed by atoms with Gasteiger partial charge in [0.15, 0.2) is 0 Å². The zero-order chi connectivity index (χ0) is 9.00. The summed E-state index contributed by atoms with van der Waals surface area (Å²) in [6.45, 7) is 10.6. The standard InChI is InChI=1S/2C3H9OSi.4Ca.5H2O/c2*1-5(2,3)4;;;;;;;;;/h2*1-3H3;;;;;5*1H2/q2*-1;4*+2;;;;;/p-5. The van der Waals surface area contributed by atoms with Gasteiger partial charge in [0.2, 0.25) is 0 Å². The predicted molar refractivity (Wildman–Crippen MR) is 79.4 cm³/mol. The van der Waals surface area contributed by atoms with E-state index in [1.165, 1.54) is 0 Å². The van der Waals surface area contributed by atoms with Crippen molar-refractivity contribution in [1.82, 2.24) is 0 Å². The first-order valence-corrected chi connectivity index (χ1v) is 10.2. The Morgan fingerprint density at radius 3 is 0.421 bits per heavy atom. The van der Waals surface area contributed by atoms with Crippen LogP contribution in [0.1, 0.15) is 0 Å². The van der Waals surface area contributed by atoms with Gasteiger partial charge in [0.25, 0.3) is 0 Å². The molecule has 5 N–H and O–H groups in total. The Hall–Kier alpha value is 5.19. The summed E-state index contributed by atoms with van der Waals surface area (Å²) in [5.74, 6) is 0. The maximum absolute atomic E-state index is 10.2. The summed E-state index contributed by atoms with van der Waals surface area (Å²) >= 11 is 0. The molecule has 0 aromatic heterocycles. The molecular formula is C6H23Ca4O7Si2+. The van der Waals surface area contributed by atoms with E-state index in [-0.39, 0.29) is 178 Å². The molecule has 19 heavy (non-hydrogen) atoms. The van der Waals surface area contributed by atoms with Crippen molar-refractivity contribution in [3.63, 3.8) is 0 Å². The van der Waals surface area contributed by atoms with Crippen molar-refractivity contribution in [3.8, 4) is 0 Å². The van der Waals surface area contributed by atoms with Crippen LogP contribution in [0.3, 0.4) is 0 Å². The second-order valence-electron chi connectivity index (χ2n) is 4.22. The van der Waals surface area contributed by atoms with E-state index in [0.717, 1.165) is 0 Å². The summed E-state index contributed by atoms with van der Waals surface area (Å²) in [6.07, 6.45) is 0. The SMILES string of the molecule is C[Si](C)(C)[O-].C[Si](C)(C)[O-].[Ca+2].[Ca+2].[Ca+2].[Ca+2].[OH-].[OH-].[OH-].[OH-].[OH-]. The Morgan fingerprint density at radius 2 is 0.421 bits per heavy atom. The third-order valence-electron chi connectivity index (χ3n) is 0. The van der Waals surface area contributed by atoms with E-state index in [1.807, 2.05) is 0 Å². The molecule has 0 spiro atoms. The average molecular weight is 424 g/mol. The van der Waals surface area contributed by atoms with Crippen molar-refractivity contribution >= 4 is 168 Å². The Balaban J connectivity index is -0.00000000508. The molecule has 7 nitrogen and oxygen atoms in total. The molecule has 0 heterocycles. The molecule has 0 bridgehead atoms. The summed E-state index contributed by atoms with van der Waals surface area (Å²) in [5, 5.41) is 0. The predicted octanol–water partition coefficient (Wildman–Crippen LogP) is -2.04. The third-order valence-corrected chi connectivity index (χ3v) is 0. The fourth-order valence-corrected chi connectivity index (χ4v) is 0. The first kappa shape index (κ1) is 74.8. The molecule has 0 radical (unpaired) electrons. The van der Waals surface area contributed by atoms with Gasteiger partial charge in [-0.05, 0) is 0 Å². The van der Waals surface area contributed by atoms with Gasteiger partial charge in [0.1, 0.15) is 0 Å². The molecule has 0 aliphatic carbocycles. The molecule has 0 atom stereocenters. The van der Waals surface area contributed by atoms with Crippen LogP contribution in [0.4, 0.5) is 0 Å². The maximum Gasteiger partial charge on any atom is 2.00 e. The van der Waals surface area contributed by atoms with Gasteiger partial charge >= 0.3 is 151 Å². The van der Waals surface area contributed by atoms with Crippen LogP contribution in [0, 0.1) is 0 Å². The maximum atomic E-state index is 10.2. The minimum atomic E-state index is -1.86. The van der Waals surface area contributed by atoms with E-state index in [1.54, 1.807) is 39.3 Å². The summed E-state index contributed by atoms with van der Waals surface area (Å²) in [6, 6.07) is 0. The molecule has 0 saturated heterocycles. The molecule has 0 aliphatic heterocycles. The molecule has 0 rings (SSSR count). The number of rotatable bonds is 0. The molecule has 13 heteroatoms. The summed E-state index contributed by atoms with van der Waals surface area (Å²) in [5.41, 5.74) is 0. The van der Waals surface area contributed by atoms with Crippen LogP contribution in [0.5, 0.6) is 0 Å². The van der Waals surface area contributed by atoms with Crippen LogP contribution in [0.2, 0.25) is 39.3 Å². The van der Waals surface area contributed by atoms with Crippen molar-refractivity contribution in [2.45, 2.75) is 39.3 Å². The van der Waals surface area contributed by atoms with Crippen molar-refractivity contribution in [2.24, 2.45) is 0 Å². The summed E-state index contributed by atoms with van der Waals surface area (Å²) in [7, 11) is -3.72. The fourth-order valence-electron chi connectivity index (χ4n) is 0. The molecule has 0 unspecified atom stereocenters. The second kappa shape index (κ2) is 38.6. The molecule has 0 aliphatic rings. The second-order valence-corrected chi connectivity index (χ2v) is 12.7. The molecule has 0 saturated carbocycles. The number of hydrogen-bond donors (Lipinski definition) is 0. The van der Waals surface area contributed by atoms with Crippen molar-refractivity contribution in [2.75, 3.05) is 0 Å². The third kappa shape index (κ3) is 386. The summed E-state index contributed by atoms with van der Waals surface area (Å²) in [4.78, 5) is 20.5. The van der Waals surface area contributed by atoms with Crippen molar-refractivity contribution in [1.29, 1.82) is 0 Å². The van der Waals surface area contributed by atoms with Crippen LogP contribution in [0.25, 0.3) is 0 Å². The zero-order valence-corrected chi connectivity index (χ0v) is 23.7. The molecule has 0 aromatic carbocycles. The van der Waals surface area contributed by atoms with Crippen LogP contribution in [0.15, 0.2) is 0 Å². The first-order chi connectivity index (χ1) is 4.00. The van der Waals surface area contributed by atoms with E-state index in [4.69, 9.17) is 0 Å². The topological polar surface area (TPSA) is 196 Å². The normalized spacial score (nSPS) is 6.32. The zero-order valence-electron chi connectivity index (χ0n) is 12.9.